The van der Waals surface area contributed by atoms with Gasteiger partial charge in [-0.3, -0.25) is 14.4 Å². The fourth-order valence-electron chi connectivity index (χ4n) is 3.55. The Hall–Kier alpha value is -2.93. The van der Waals surface area contributed by atoms with Gasteiger partial charge in [0.1, 0.15) is 6.61 Å². The summed E-state index contributed by atoms with van der Waals surface area (Å²) in [5.41, 5.74) is 0.949. The zero-order valence-electron chi connectivity index (χ0n) is 21.3. The smallest absolute Gasteiger partial charge is 0.305 e. The molecule has 0 fully saturated rings. The van der Waals surface area contributed by atoms with E-state index in [4.69, 9.17) is 4.74 Å². The molecule has 0 aliphatic carbocycles. The number of esters is 1. The summed E-state index contributed by atoms with van der Waals surface area (Å²) in [6, 6.07) is 9.16. The Balaban J connectivity index is 2.73. The van der Waals surface area contributed by atoms with Gasteiger partial charge in [-0.25, -0.2) is 0 Å². The second-order valence-corrected chi connectivity index (χ2v) is 9.03. The molecule has 7 nitrogen and oxygen atoms in total. The van der Waals surface area contributed by atoms with Crippen LogP contribution in [0.5, 0.6) is 0 Å². The number of nitrogens with one attached hydrogen (secondary N) is 1. The van der Waals surface area contributed by atoms with Crippen LogP contribution >= 0.6 is 0 Å². The van der Waals surface area contributed by atoms with E-state index in [-0.39, 0.29) is 55.9 Å². The zero-order chi connectivity index (χ0) is 26.1. The molecule has 0 unspecified atom stereocenters. The van der Waals surface area contributed by atoms with Crippen LogP contribution in [0.4, 0.5) is 0 Å². The number of carbonyl (C=O) groups excluding carboxylic acids is 3. The number of ether oxygens (including phenoxy) is 1. The van der Waals surface area contributed by atoms with Crippen LogP contribution in [0, 0.1) is 11.8 Å². The van der Waals surface area contributed by atoms with Crippen LogP contribution in [-0.2, 0) is 25.7 Å². The van der Waals surface area contributed by atoms with Gasteiger partial charge in [0, 0.05) is 25.9 Å². The Kier molecular flexibility index (Phi) is 15.0. The van der Waals surface area contributed by atoms with Gasteiger partial charge < -0.3 is 20.1 Å². The van der Waals surface area contributed by atoms with Crippen LogP contribution in [0.1, 0.15) is 57.9 Å². The molecule has 2 amide bonds. The third-order valence-electron chi connectivity index (χ3n) is 5.78. The first-order valence-electron chi connectivity index (χ1n) is 12.4. The second kappa shape index (κ2) is 17.5. The van der Waals surface area contributed by atoms with Gasteiger partial charge in [0.25, 0.3) is 0 Å². The lowest BCUT2D eigenvalue weighted by Crippen LogP contribution is -2.46. The molecule has 35 heavy (non-hydrogen) atoms. The standard InChI is InChI=1S/C28H42N2O5/c1-5-7-8-12-16-27(33)35-21-25(22(3)4)29-28(34)24(13-6-2)19-26(32)30(17-18-31)20-23-14-10-9-11-15-23/h5-6,9-11,14-15,22,24-25,31H,1-2,7-8,12-13,16-21H2,3-4H3,(H,29,34)/t24-,25+/m0/s1. The van der Waals surface area contributed by atoms with Crippen molar-refractivity contribution in [1.82, 2.24) is 10.2 Å². The zero-order valence-corrected chi connectivity index (χ0v) is 21.3. The van der Waals surface area contributed by atoms with Gasteiger partial charge in [0.2, 0.25) is 11.8 Å². The lowest BCUT2D eigenvalue weighted by atomic mass is 9.97. The quantitative estimate of drug-likeness (QED) is 0.186. The number of hydrogen-bond donors (Lipinski definition) is 2. The van der Waals surface area contributed by atoms with E-state index in [1.54, 1.807) is 11.0 Å². The van der Waals surface area contributed by atoms with Gasteiger partial charge in [-0.05, 0) is 37.2 Å². The molecule has 1 aromatic rings. The van der Waals surface area contributed by atoms with Crippen molar-refractivity contribution in [2.24, 2.45) is 11.8 Å². The van der Waals surface area contributed by atoms with Gasteiger partial charge in [-0.15, -0.1) is 13.2 Å². The van der Waals surface area contributed by atoms with E-state index < -0.39 is 5.92 Å². The fraction of sp³-hybridized carbons (Fsp3) is 0.536. The largest absolute Gasteiger partial charge is 0.463 e. The molecule has 0 saturated carbocycles. The number of amides is 2. The number of carbonyl (C=O) groups is 3. The van der Waals surface area contributed by atoms with Crippen molar-refractivity contribution in [3.63, 3.8) is 0 Å². The van der Waals surface area contributed by atoms with Crippen molar-refractivity contribution in [3.05, 3.63) is 61.2 Å². The average molecular weight is 487 g/mol. The monoisotopic (exact) mass is 486 g/mol. The third kappa shape index (κ3) is 12.4. The predicted molar refractivity (Wildman–Crippen MR) is 138 cm³/mol. The Bertz CT molecular complexity index is 794. The van der Waals surface area contributed by atoms with Crippen molar-refractivity contribution in [2.45, 2.75) is 65.0 Å². The first-order chi connectivity index (χ1) is 16.8. The van der Waals surface area contributed by atoms with Crippen LogP contribution in [0.15, 0.2) is 55.6 Å². The van der Waals surface area contributed by atoms with E-state index in [0.29, 0.717) is 19.4 Å². The van der Waals surface area contributed by atoms with Gasteiger partial charge in [-0.1, -0.05) is 56.3 Å². The summed E-state index contributed by atoms with van der Waals surface area (Å²) in [6.07, 6.45) is 6.61. The van der Waals surface area contributed by atoms with Gasteiger partial charge in [0.15, 0.2) is 0 Å². The molecule has 2 atom stereocenters. The minimum atomic E-state index is -0.604. The highest BCUT2D eigenvalue weighted by Crippen LogP contribution is 2.16. The molecule has 0 aliphatic heterocycles. The minimum absolute atomic E-state index is 0.00140. The number of nitrogens with zero attached hydrogens (tertiary/aromatic N) is 1. The molecule has 1 aromatic carbocycles. The Morgan fingerprint density at radius 3 is 2.43 bits per heavy atom. The molecule has 0 spiro atoms. The van der Waals surface area contributed by atoms with Crippen molar-refractivity contribution >= 4 is 17.8 Å². The van der Waals surface area contributed by atoms with Crippen LogP contribution in [-0.4, -0.2) is 53.6 Å². The third-order valence-corrected chi connectivity index (χ3v) is 5.78. The second-order valence-electron chi connectivity index (χ2n) is 9.03. The topological polar surface area (TPSA) is 95.9 Å². The molecule has 2 N–H and O–H groups in total. The highest BCUT2D eigenvalue weighted by molar-refractivity contribution is 5.86. The normalized spacial score (nSPS) is 12.5. The maximum Gasteiger partial charge on any atom is 0.305 e. The first kappa shape index (κ1) is 30.1. The summed E-state index contributed by atoms with van der Waals surface area (Å²) in [6.45, 7) is 11.8. The average Bonchev–Trinajstić information content (AvgIpc) is 2.84. The van der Waals surface area contributed by atoms with Crippen LogP contribution < -0.4 is 5.32 Å². The van der Waals surface area contributed by atoms with Crippen molar-refractivity contribution in [2.75, 3.05) is 19.8 Å². The van der Waals surface area contributed by atoms with E-state index in [2.05, 4.69) is 18.5 Å². The van der Waals surface area contributed by atoms with Crippen LogP contribution in [0.3, 0.4) is 0 Å². The molecule has 0 aromatic heterocycles. The molecule has 0 aliphatic rings. The minimum Gasteiger partial charge on any atom is -0.463 e. The van der Waals surface area contributed by atoms with Crippen LogP contribution in [0.25, 0.3) is 0 Å². The van der Waals surface area contributed by atoms with Gasteiger partial charge >= 0.3 is 5.97 Å². The number of rotatable bonds is 18. The number of allylic oxidation sites excluding steroid dienone is 2. The van der Waals surface area contributed by atoms with E-state index in [1.807, 2.05) is 50.3 Å². The lowest BCUT2D eigenvalue weighted by Gasteiger charge is -2.27. The summed E-state index contributed by atoms with van der Waals surface area (Å²) in [5.74, 6) is -1.34. The van der Waals surface area contributed by atoms with E-state index in [0.717, 1.165) is 24.8 Å². The maximum absolute atomic E-state index is 13.1. The predicted octanol–water partition coefficient (Wildman–Crippen LogP) is 4.02. The SMILES string of the molecule is C=CCCCCC(=O)OC[C@@H](NC(=O)[C@@H](CC=C)CC(=O)N(CCO)Cc1ccccc1)C(C)C. The molecule has 7 heteroatoms. The number of aliphatic hydroxyl groups is 1. The molecule has 194 valence electrons. The Morgan fingerprint density at radius 2 is 1.83 bits per heavy atom. The molecular formula is C28H42N2O5. The lowest BCUT2D eigenvalue weighted by molar-refractivity contribution is -0.145. The summed E-state index contributed by atoms with van der Waals surface area (Å²) < 4.78 is 5.40. The molecule has 0 heterocycles. The fourth-order valence-corrected chi connectivity index (χ4v) is 3.55. The number of unbranched alkanes of at least 4 members (excludes halogenated alkanes) is 2. The molecule has 0 radical (unpaired) electrons. The molecular weight excluding hydrogens is 444 g/mol. The van der Waals surface area contributed by atoms with Crippen molar-refractivity contribution in [1.29, 1.82) is 0 Å². The van der Waals surface area contributed by atoms with E-state index in [9.17, 15) is 19.5 Å². The van der Waals surface area contributed by atoms with E-state index in [1.165, 1.54) is 0 Å². The number of aliphatic hydroxyl groups excluding tert-OH is 1. The Labute approximate surface area is 210 Å². The number of hydrogen-bond acceptors (Lipinski definition) is 5. The Morgan fingerprint density at radius 1 is 1.11 bits per heavy atom. The summed E-state index contributed by atoms with van der Waals surface area (Å²) in [4.78, 5) is 39.7. The number of benzene rings is 1. The molecule has 1 rings (SSSR count). The highest BCUT2D eigenvalue weighted by Gasteiger charge is 2.27. The first-order valence-corrected chi connectivity index (χ1v) is 12.4. The van der Waals surface area contributed by atoms with Crippen LogP contribution in [0.2, 0.25) is 0 Å². The van der Waals surface area contributed by atoms with Gasteiger partial charge in [0.05, 0.1) is 18.6 Å². The maximum atomic E-state index is 13.1. The van der Waals surface area contributed by atoms with E-state index >= 15 is 0 Å². The summed E-state index contributed by atoms with van der Waals surface area (Å²) >= 11 is 0. The summed E-state index contributed by atoms with van der Waals surface area (Å²) in [5, 5.41) is 12.4. The molecule has 0 saturated heterocycles. The summed E-state index contributed by atoms with van der Waals surface area (Å²) in [7, 11) is 0. The highest BCUT2D eigenvalue weighted by atomic mass is 16.5. The van der Waals surface area contributed by atoms with Crippen molar-refractivity contribution < 1.29 is 24.2 Å². The van der Waals surface area contributed by atoms with Crippen molar-refractivity contribution in [3.8, 4) is 0 Å². The van der Waals surface area contributed by atoms with Gasteiger partial charge in [-0.2, -0.15) is 0 Å². The molecule has 0 bridgehead atoms.